The molecule has 1 unspecified atom stereocenters. The lowest BCUT2D eigenvalue weighted by atomic mass is 9.81. The first kappa shape index (κ1) is 13.6. The molecule has 1 aliphatic rings. The lowest BCUT2D eigenvalue weighted by molar-refractivity contribution is -0.146. The zero-order chi connectivity index (χ0) is 14.1. The molecule has 1 aliphatic heterocycles. The summed E-state index contributed by atoms with van der Waals surface area (Å²) in [4.78, 5) is 24.9. The van der Waals surface area contributed by atoms with Crippen LogP contribution < -0.4 is 10.6 Å². The number of amides is 2. The molecule has 2 rings (SSSR count). The molecule has 1 aromatic carbocycles. The Morgan fingerprint density at radius 1 is 0.947 bits per heavy atom. The lowest BCUT2D eigenvalue weighted by Crippen LogP contribution is -2.72. The minimum atomic E-state index is -0.994. The Morgan fingerprint density at radius 3 is 2.05 bits per heavy atom. The molecule has 2 N–H and O–H groups in total. The van der Waals surface area contributed by atoms with Crippen LogP contribution in [0.5, 0.6) is 0 Å². The fraction of sp³-hybridized carbons (Fsp3) is 0.467. The summed E-state index contributed by atoms with van der Waals surface area (Å²) < 4.78 is 0. The van der Waals surface area contributed by atoms with E-state index in [9.17, 15) is 9.59 Å². The van der Waals surface area contributed by atoms with E-state index in [0.29, 0.717) is 12.8 Å². The molecule has 4 nitrogen and oxygen atoms in total. The molecule has 1 aromatic rings. The third kappa shape index (κ3) is 2.01. The van der Waals surface area contributed by atoms with Crippen molar-refractivity contribution in [3.8, 4) is 0 Å². The van der Waals surface area contributed by atoms with Crippen molar-refractivity contribution in [2.75, 3.05) is 0 Å². The topological polar surface area (TPSA) is 58.2 Å². The van der Waals surface area contributed by atoms with Gasteiger partial charge < -0.3 is 10.6 Å². The zero-order valence-electron chi connectivity index (χ0n) is 11.6. The third-order valence-electron chi connectivity index (χ3n) is 4.16. The molecule has 0 bridgehead atoms. The predicted octanol–water partition coefficient (Wildman–Crippen LogP) is 1.71. The van der Waals surface area contributed by atoms with Crippen molar-refractivity contribution in [2.24, 2.45) is 0 Å². The molecular weight excluding hydrogens is 240 g/mol. The summed E-state index contributed by atoms with van der Waals surface area (Å²) in [6, 6.07) is 9.32. The number of hydrogen-bond acceptors (Lipinski definition) is 2. The normalized spacial score (nSPS) is 25.6. The molecule has 0 radical (unpaired) electrons. The second kappa shape index (κ2) is 4.68. The summed E-state index contributed by atoms with van der Waals surface area (Å²) in [5, 5.41) is 5.82. The van der Waals surface area contributed by atoms with E-state index in [0.717, 1.165) is 5.56 Å². The van der Waals surface area contributed by atoms with Gasteiger partial charge in [0, 0.05) is 0 Å². The molecule has 0 spiro atoms. The smallest absolute Gasteiger partial charge is 0.250 e. The van der Waals surface area contributed by atoms with Gasteiger partial charge in [-0.1, -0.05) is 44.2 Å². The second-order valence-electron chi connectivity index (χ2n) is 5.19. The Hall–Kier alpha value is -1.84. The molecule has 1 saturated heterocycles. The van der Waals surface area contributed by atoms with Gasteiger partial charge in [0.05, 0.1) is 0 Å². The number of carbonyl (C=O) groups excluding carboxylic acids is 2. The van der Waals surface area contributed by atoms with Crippen LogP contribution in [0.25, 0.3) is 0 Å². The van der Waals surface area contributed by atoms with Gasteiger partial charge in [0.15, 0.2) is 0 Å². The van der Waals surface area contributed by atoms with Crippen LogP contribution in [0.15, 0.2) is 30.3 Å². The molecular formula is C15H20N2O2. The number of rotatable bonds is 3. The average molecular weight is 260 g/mol. The van der Waals surface area contributed by atoms with Crippen molar-refractivity contribution < 1.29 is 9.59 Å². The highest BCUT2D eigenvalue weighted by molar-refractivity contribution is 6.02. The van der Waals surface area contributed by atoms with Crippen LogP contribution in [0.1, 0.15) is 39.2 Å². The standard InChI is InChI=1S/C15H20N2O2/c1-4-15(5-2)13(19)16-14(3,12(18)17-15)11-9-7-6-8-10-11/h6-10H,4-5H2,1-3H3,(H,16,19)(H,17,18). The van der Waals surface area contributed by atoms with Gasteiger partial charge in [0.1, 0.15) is 11.1 Å². The molecule has 0 aromatic heterocycles. The minimum Gasteiger partial charge on any atom is -0.339 e. The van der Waals surface area contributed by atoms with Crippen molar-refractivity contribution in [3.05, 3.63) is 35.9 Å². The van der Waals surface area contributed by atoms with Crippen LogP contribution in [0.4, 0.5) is 0 Å². The lowest BCUT2D eigenvalue weighted by Gasteiger charge is -2.44. The van der Waals surface area contributed by atoms with Crippen LogP contribution in [0, 0.1) is 0 Å². The van der Waals surface area contributed by atoms with Gasteiger partial charge in [-0.05, 0) is 25.3 Å². The Morgan fingerprint density at radius 2 is 1.53 bits per heavy atom. The summed E-state index contributed by atoms with van der Waals surface area (Å²) in [7, 11) is 0. The molecule has 4 heteroatoms. The average Bonchev–Trinajstić information content (AvgIpc) is 2.44. The Bertz CT molecular complexity index is 494. The molecule has 1 atom stereocenters. The quantitative estimate of drug-likeness (QED) is 0.869. The van der Waals surface area contributed by atoms with Crippen LogP contribution >= 0.6 is 0 Å². The van der Waals surface area contributed by atoms with Crippen molar-refractivity contribution in [1.29, 1.82) is 0 Å². The summed E-state index contributed by atoms with van der Waals surface area (Å²) in [6.45, 7) is 5.56. The van der Waals surface area contributed by atoms with E-state index < -0.39 is 11.1 Å². The van der Waals surface area contributed by atoms with Gasteiger partial charge in [-0.25, -0.2) is 0 Å². The summed E-state index contributed by atoms with van der Waals surface area (Å²) in [5.74, 6) is -0.259. The van der Waals surface area contributed by atoms with Crippen molar-refractivity contribution in [2.45, 2.75) is 44.7 Å². The number of piperazine rings is 1. The third-order valence-corrected chi connectivity index (χ3v) is 4.16. The molecule has 102 valence electrons. The molecule has 19 heavy (non-hydrogen) atoms. The number of carbonyl (C=O) groups is 2. The largest absolute Gasteiger partial charge is 0.339 e. The van der Waals surface area contributed by atoms with Gasteiger partial charge in [-0.3, -0.25) is 9.59 Å². The first-order valence-electron chi connectivity index (χ1n) is 6.69. The molecule has 1 fully saturated rings. The van der Waals surface area contributed by atoms with E-state index in [1.807, 2.05) is 44.2 Å². The Kier molecular flexibility index (Phi) is 3.35. The number of nitrogens with one attached hydrogen (secondary N) is 2. The highest BCUT2D eigenvalue weighted by atomic mass is 16.2. The van der Waals surface area contributed by atoms with Crippen LogP contribution in [0.3, 0.4) is 0 Å². The van der Waals surface area contributed by atoms with Crippen LogP contribution in [0.2, 0.25) is 0 Å². The van der Waals surface area contributed by atoms with E-state index in [-0.39, 0.29) is 11.8 Å². The van der Waals surface area contributed by atoms with E-state index >= 15 is 0 Å². The maximum absolute atomic E-state index is 12.5. The summed E-state index contributed by atoms with van der Waals surface area (Å²) in [6.07, 6.45) is 1.18. The monoisotopic (exact) mass is 260 g/mol. The minimum absolute atomic E-state index is 0.108. The van der Waals surface area contributed by atoms with E-state index in [4.69, 9.17) is 0 Å². The Balaban J connectivity index is 2.38. The molecule has 0 saturated carbocycles. The number of hydrogen-bond donors (Lipinski definition) is 2. The zero-order valence-corrected chi connectivity index (χ0v) is 11.6. The Labute approximate surface area is 113 Å². The SMILES string of the molecule is CCC1(CC)NC(=O)C(C)(c2ccccc2)NC1=O. The molecule has 0 aliphatic carbocycles. The van der Waals surface area contributed by atoms with Gasteiger partial charge in [0.25, 0.3) is 5.91 Å². The van der Waals surface area contributed by atoms with Crippen molar-refractivity contribution >= 4 is 11.8 Å². The first-order valence-corrected chi connectivity index (χ1v) is 6.69. The maximum atomic E-state index is 12.5. The maximum Gasteiger partial charge on any atom is 0.250 e. The van der Waals surface area contributed by atoms with E-state index in [2.05, 4.69) is 10.6 Å². The van der Waals surface area contributed by atoms with E-state index in [1.165, 1.54) is 0 Å². The fourth-order valence-corrected chi connectivity index (χ4v) is 2.53. The second-order valence-corrected chi connectivity index (χ2v) is 5.19. The summed E-state index contributed by atoms with van der Waals surface area (Å²) in [5.41, 5.74) is -0.973. The van der Waals surface area contributed by atoms with Crippen molar-refractivity contribution in [1.82, 2.24) is 10.6 Å². The molecule has 1 heterocycles. The first-order chi connectivity index (χ1) is 8.98. The van der Waals surface area contributed by atoms with Gasteiger partial charge in [0.2, 0.25) is 5.91 Å². The van der Waals surface area contributed by atoms with Crippen molar-refractivity contribution in [3.63, 3.8) is 0 Å². The van der Waals surface area contributed by atoms with Crippen LogP contribution in [-0.2, 0) is 15.1 Å². The highest BCUT2D eigenvalue weighted by Gasteiger charge is 2.50. The van der Waals surface area contributed by atoms with E-state index in [1.54, 1.807) is 6.92 Å². The van der Waals surface area contributed by atoms with Gasteiger partial charge in [-0.15, -0.1) is 0 Å². The van der Waals surface area contributed by atoms with Crippen LogP contribution in [-0.4, -0.2) is 17.4 Å². The summed E-state index contributed by atoms with van der Waals surface area (Å²) >= 11 is 0. The van der Waals surface area contributed by atoms with Gasteiger partial charge >= 0.3 is 0 Å². The fourth-order valence-electron chi connectivity index (χ4n) is 2.53. The predicted molar refractivity (Wildman–Crippen MR) is 73.4 cm³/mol. The van der Waals surface area contributed by atoms with Gasteiger partial charge in [-0.2, -0.15) is 0 Å². The molecule has 2 amide bonds. The number of benzene rings is 1. The highest BCUT2D eigenvalue weighted by Crippen LogP contribution is 2.29.